The van der Waals surface area contributed by atoms with Crippen LogP contribution in [0.5, 0.6) is 0 Å². The fourth-order valence-electron chi connectivity index (χ4n) is 3.82. The maximum atomic E-state index is 13.2. The highest BCUT2D eigenvalue weighted by Gasteiger charge is 2.51. The molecule has 1 fully saturated rings. The molecule has 3 aromatic rings. The third-order valence-corrected chi connectivity index (χ3v) is 7.20. The lowest BCUT2D eigenvalue weighted by molar-refractivity contribution is 0.206. The molecule has 0 unspecified atom stereocenters. The first-order valence-corrected chi connectivity index (χ1v) is 10.3. The number of rotatable bonds is 3. The highest BCUT2D eigenvalue weighted by molar-refractivity contribution is 7.89. The van der Waals surface area contributed by atoms with Gasteiger partial charge < -0.3 is 4.57 Å². The highest BCUT2D eigenvalue weighted by atomic mass is 35.5. The van der Waals surface area contributed by atoms with Gasteiger partial charge in [0.25, 0.3) is 15.2 Å². The summed E-state index contributed by atoms with van der Waals surface area (Å²) in [5.74, 6) is -0.438. The molecule has 1 aliphatic heterocycles. The summed E-state index contributed by atoms with van der Waals surface area (Å²) < 4.78 is 29.8. The average molecular weight is 421 g/mol. The molecule has 1 aliphatic rings. The van der Waals surface area contributed by atoms with Gasteiger partial charge in [0.2, 0.25) is 0 Å². The molecule has 8 radical (unpaired) electrons. The molecule has 15 heteroatoms. The van der Waals surface area contributed by atoms with Gasteiger partial charge in [0.1, 0.15) is 12.7 Å². The Labute approximate surface area is 177 Å². The molecule has 0 aromatic carbocycles. The summed E-state index contributed by atoms with van der Waals surface area (Å²) in [6, 6.07) is 1.63. The molecular formula is C14H12B4ClN7O2S. The highest BCUT2D eigenvalue weighted by Crippen LogP contribution is 2.45. The van der Waals surface area contributed by atoms with Crippen molar-refractivity contribution < 1.29 is 8.42 Å². The fourth-order valence-corrected chi connectivity index (χ4v) is 5.89. The Kier molecular flexibility index (Phi) is 4.67. The van der Waals surface area contributed by atoms with Gasteiger partial charge in [0, 0.05) is 24.3 Å². The largest absolute Gasteiger partial charge is 0.306 e. The predicted octanol–water partition coefficient (Wildman–Crippen LogP) is -0.939. The number of hydrogen-bond donors (Lipinski definition) is 0. The second kappa shape index (κ2) is 6.61. The summed E-state index contributed by atoms with van der Waals surface area (Å²) in [6.07, 6.45) is 4.29. The second-order valence-electron chi connectivity index (χ2n) is 7.22. The summed E-state index contributed by atoms with van der Waals surface area (Å²) in [6.45, 7) is 0. The number of piperidine rings is 1. The van der Waals surface area contributed by atoms with E-state index in [9.17, 15) is 8.42 Å². The van der Waals surface area contributed by atoms with Crippen molar-refractivity contribution >= 4 is 58.7 Å². The molecule has 140 valence electrons. The minimum Gasteiger partial charge on any atom is -0.306 e. The van der Waals surface area contributed by atoms with E-state index >= 15 is 0 Å². The van der Waals surface area contributed by atoms with Crippen LogP contribution in [0.25, 0.3) is 5.65 Å². The van der Waals surface area contributed by atoms with Crippen LogP contribution in [-0.4, -0.2) is 84.1 Å². The molecule has 0 atom stereocenters. The smallest absolute Gasteiger partial charge is 0.277 e. The van der Waals surface area contributed by atoms with Crippen molar-refractivity contribution in [3.8, 4) is 0 Å². The number of halogens is 1. The zero-order valence-electron chi connectivity index (χ0n) is 15.3. The summed E-state index contributed by atoms with van der Waals surface area (Å²) in [4.78, 5) is 4.07. The average Bonchev–Trinajstić information content (AvgIpc) is 3.19. The summed E-state index contributed by atoms with van der Waals surface area (Å²) in [7, 11) is 22.1. The van der Waals surface area contributed by atoms with Crippen molar-refractivity contribution in [3.63, 3.8) is 0 Å². The van der Waals surface area contributed by atoms with E-state index in [4.69, 9.17) is 43.0 Å². The van der Waals surface area contributed by atoms with Crippen molar-refractivity contribution in [2.45, 2.75) is 34.6 Å². The lowest BCUT2D eigenvalue weighted by Crippen LogP contribution is -2.68. The third-order valence-electron chi connectivity index (χ3n) is 4.88. The zero-order chi connectivity index (χ0) is 21.2. The Bertz CT molecular complexity index is 1180. The van der Waals surface area contributed by atoms with E-state index in [1.807, 2.05) is 0 Å². The van der Waals surface area contributed by atoms with Crippen molar-refractivity contribution in [1.29, 1.82) is 0 Å². The standard InChI is InChI=1S/C14H12B4ClN7O2S/c1-24-7-21-23-12(24)29(27,28)26-13(15,16)3-8(4-14(26,17)18)9-5-25-11(2-10(9)19)20-6-22-25/h2,5-8H,3-4H2,1H3. The van der Waals surface area contributed by atoms with Crippen LogP contribution in [0.2, 0.25) is 5.02 Å². The van der Waals surface area contributed by atoms with Crippen molar-refractivity contribution in [2.75, 3.05) is 0 Å². The van der Waals surface area contributed by atoms with E-state index in [-0.39, 0.29) is 18.0 Å². The first kappa shape index (κ1) is 20.5. The number of fused-ring (bicyclic) bond motifs is 1. The van der Waals surface area contributed by atoms with Gasteiger partial charge in [0.15, 0.2) is 5.65 Å². The number of sulfonamides is 1. The monoisotopic (exact) mass is 421 g/mol. The molecule has 0 saturated carbocycles. The Hall–Kier alpha value is -1.78. The lowest BCUT2D eigenvalue weighted by Gasteiger charge is -2.55. The van der Waals surface area contributed by atoms with E-state index in [2.05, 4.69) is 20.3 Å². The van der Waals surface area contributed by atoms with E-state index < -0.39 is 26.6 Å². The topological polar surface area (TPSA) is 98.3 Å². The van der Waals surface area contributed by atoms with Gasteiger partial charge >= 0.3 is 0 Å². The molecule has 0 aliphatic carbocycles. The molecule has 0 amide bonds. The second-order valence-corrected chi connectivity index (χ2v) is 9.31. The van der Waals surface area contributed by atoms with Crippen LogP contribution in [-0.2, 0) is 17.1 Å². The first-order valence-electron chi connectivity index (χ1n) is 8.47. The van der Waals surface area contributed by atoms with Crippen LogP contribution in [0.1, 0.15) is 24.3 Å². The SMILES string of the molecule is [B]C1([B])CC(c2cn3ncnc3cc2Cl)CC([B])([B])N1S(=O)(=O)c1nncn1C. The molecule has 0 N–H and O–H groups in total. The van der Waals surface area contributed by atoms with E-state index in [0.29, 0.717) is 20.5 Å². The minimum atomic E-state index is -4.34. The summed E-state index contributed by atoms with van der Waals surface area (Å²) >= 11 is 6.41. The lowest BCUT2D eigenvalue weighted by atomic mass is 9.46. The Balaban J connectivity index is 1.77. The predicted molar refractivity (Wildman–Crippen MR) is 108 cm³/mol. The van der Waals surface area contributed by atoms with Gasteiger partial charge in [0.05, 0.1) is 31.4 Å². The van der Waals surface area contributed by atoms with Crippen LogP contribution in [0, 0.1) is 0 Å². The first-order chi connectivity index (χ1) is 13.4. The quantitative estimate of drug-likeness (QED) is 0.507. The molecule has 3 aromatic heterocycles. The molecule has 4 rings (SSSR count). The molecule has 1 saturated heterocycles. The fraction of sp³-hybridized carbons (Fsp3) is 0.429. The van der Waals surface area contributed by atoms with Gasteiger partial charge in [-0.2, -0.15) is 5.10 Å². The van der Waals surface area contributed by atoms with Gasteiger partial charge in [-0.25, -0.2) is 22.2 Å². The van der Waals surface area contributed by atoms with Crippen molar-refractivity contribution in [3.05, 3.63) is 35.5 Å². The van der Waals surface area contributed by atoms with E-state index in [1.54, 1.807) is 12.3 Å². The van der Waals surface area contributed by atoms with E-state index in [1.165, 1.54) is 28.8 Å². The van der Waals surface area contributed by atoms with Crippen LogP contribution >= 0.6 is 11.6 Å². The van der Waals surface area contributed by atoms with Gasteiger partial charge in [-0.1, -0.05) is 11.6 Å². The third kappa shape index (κ3) is 3.30. The number of nitrogens with zero attached hydrogens (tertiary/aromatic N) is 7. The molecule has 29 heavy (non-hydrogen) atoms. The van der Waals surface area contributed by atoms with Crippen LogP contribution in [0.4, 0.5) is 0 Å². The van der Waals surface area contributed by atoms with Crippen LogP contribution in [0.3, 0.4) is 0 Å². The summed E-state index contributed by atoms with van der Waals surface area (Å²) in [5, 5.41) is 7.49. The maximum Gasteiger partial charge on any atom is 0.277 e. The van der Waals surface area contributed by atoms with Crippen LogP contribution < -0.4 is 0 Å². The van der Waals surface area contributed by atoms with Gasteiger partial charge in [-0.3, -0.25) is 0 Å². The van der Waals surface area contributed by atoms with Gasteiger partial charge in [-0.15, -0.1) is 10.2 Å². The normalized spacial score (nSPS) is 20.2. The minimum absolute atomic E-state index is 0.000154. The van der Waals surface area contributed by atoms with Crippen molar-refractivity contribution in [1.82, 2.24) is 33.7 Å². The maximum absolute atomic E-state index is 13.2. The summed E-state index contributed by atoms with van der Waals surface area (Å²) in [5.41, 5.74) is 1.18. The molecular weight excluding hydrogens is 409 g/mol. The molecule has 0 bridgehead atoms. The number of pyridine rings is 1. The number of aromatic nitrogens is 6. The molecule has 0 spiro atoms. The Morgan fingerprint density at radius 1 is 1.21 bits per heavy atom. The van der Waals surface area contributed by atoms with Crippen molar-refractivity contribution in [2.24, 2.45) is 7.05 Å². The van der Waals surface area contributed by atoms with Crippen LogP contribution in [0.15, 0.2) is 30.1 Å². The zero-order valence-corrected chi connectivity index (χ0v) is 16.9. The molecule has 9 nitrogen and oxygen atoms in total. The van der Waals surface area contributed by atoms with E-state index in [0.717, 1.165) is 0 Å². The number of hydrogen-bond acceptors (Lipinski definition) is 6. The Morgan fingerprint density at radius 2 is 1.86 bits per heavy atom. The Morgan fingerprint density at radius 3 is 2.45 bits per heavy atom. The molecule has 4 heterocycles. The van der Waals surface area contributed by atoms with Gasteiger partial charge in [-0.05, 0) is 35.0 Å². The number of aryl methyl sites for hydroxylation is 1.